The van der Waals surface area contributed by atoms with Crippen LogP contribution in [-0.2, 0) is 16.4 Å². The second-order valence-corrected chi connectivity index (χ2v) is 8.53. The highest BCUT2D eigenvalue weighted by Crippen LogP contribution is 2.40. The molecule has 1 atom stereocenters. The molecule has 5 nitrogen and oxygen atoms in total. The van der Waals surface area contributed by atoms with Crippen molar-refractivity contribution in [3.63, 3.8) is 0 Å². The molecule has 0 saturated carbocycles. The molecular weight excluding hydrogens is 379 g/mol. The van der Waals surface area contributed by atoms with E-state index in [0.29, 0.717) is 23.6 Å². The predicted octanol–water partition coefficient (Wildman–Crippen LogP) is 3.75. The molecule has 1 aromatic heterocycles. The van der Waals surface area contributed by atoms with Crippen LogP contribution in [0.3, 0.4) is 0 Å². The van der Waals surface area contributed by atoms with E-state index in [2.05, 4.69) is 5.32 Å². The highest BCUT2D eigenvalue weighted by molar-refractivity contribution is 7.90. The monoisotopic (exact) mass is 400 g/mol. The van der Waals surface area contributed by atoms with Gasteiger partial charge < -0.3 is 10.1 Å². The first-order valence-corrected chi connectivity index (χ1v) is 10.5. The van der Waals surface area contributed by atoms with Gasteiger partial charge in [0.05, 0.1) is 17.7 Å². The molecule has 0 fully saturated rings. The molecule has 0 bridgehead atoms. The molecule has 1 N–H and O–H groups in total. The van der Waals surface area contributed by atoms with Gasteiger partial charge in [-0.15, -0.1) is 0 Å². The topological polar surface area (TPSA) is 60.3 Å². The molecule has 2 aromatic carbocycles. The summed E-state index contributed by atoms with van der Waals surface area (Å²) in [6.45, 7) is 0. The van der Waals surface area contributed by atoms with E-state index in [1.807, 2.05) is 7.05 Å². The number of aromatic nitrogens is 1. The molecule has 3 aromatic rings. The number of hydrogen-bond donors (Lipinski definition) is 1. The Morgan fingerprint density at radius 2 is 1.93 bits per heavy atom. The van der Waals surface area contributed by atoms with Gasteiger partial charge in [-0.05, 0) is 55.8 Å². The van der Waals surface area contributed by atoms with Crippen LogP contribution in [0.15, 0.2) is 59.5 Å². The van der Waals surface area contributed by atoms with Crippen molar-refractivity contribution in [3.8, 4) is 17.0 Å². The highest BCUT2D eigenvalue weighted by Gasteiger charge is 2.33. The molecule has 4 rings (SSSR count). The minimum Gasteiger partial charge on any atom is -0.497 e. The van der Waals surface area contributed by atoms with Crippen LogP contribution in [0.2, 0.25) is 0 Å². The summed E-state index contributed by atoms with van der Waals surface area (Å²) in [6, 6.07) is 14.4. The van der Waals surface area contributed by atoms with Gasteiger partial charge in [-0.25, -0.2) is 16.8 Å². The number of nitrogens with zero attached hydrogens (tertiary/aromatic N) is 1. The van der Waals surface area contributed by atoms with Crippen molar-refractivity contribution in [2.75, 3.05) is 14.2 Å². The summed E-state index contributed by atoms with van der Waals surface area (Å²) in [5.74, 6) is -0.00723. The zero-order valence-corrected chi connectivity index (χ0v) is 16.5. The fourth-order valence-corrected chi connectivity index (χ4v) is 5.46. The van der Waals surface area contributed by atoms with Crippen LogP contribution >= 0.6 is 0 Å². The van der Waals surface area contributed by atoms with Crippen LogP contribution in [0.25, 0.3) is 11.3 Å². The number of halogens is 1. The van der Waals surface area contributed by atoms with Gasteiger partial charge in [-0.3, -0.25) is 0 Å². The third kappa shape index (κ3) is 2.91. The van der Waals surface area contributed by atoms with E-state index in [4.69, 9.17) is 4.74 Å². The third-order valence-electron chi connectivity index (χ3n) is 5.21. The fraction of sp³-hybridized carbons (Fsp3) is 0.238. The average Bonchev–Trinajstić information content (AvgIpc) is 3.27. The van der Waals surface area contributed by atoms with Crippen molar-refractivity contribution in [2.45, 2.75) is 23.8 Å². The van der Waals surface area contributed by atoms with Crippen molar-refractivity contribution in [2.24, 2.45) is 0 Å². The molecule has 7 heteroatoms. The van der Waals surface area contributed by atoms with Gasteiger partial charge in [0.1, 0.15) is 11.6 Å². The first kappa shape index (κ1) is 18.7. The predicted molar refractivity (Wildman–Crippen MR) is 106 cm³/mol. The molecule has 0 radical (unpaired) electrons. The van der Waals surface area contributed by atoms with Crippen molar-refractivity contribution in [1.29, 1.82) is 0 Å². The van der Waals surface area contributed by atoms with Crippen LogP contribution in [-0.4, -0.2) is 26.5 Å². The van der Waals surface area contributed by atoms with Crippen molar-refractivity contribution < 1.29 is 17.5 Å². The Hall–Kier alpha value is -2.64. The molecule has 146 valence electrons. The summed E-state index contributed by atoms with van der Waals surface area (Å²) in [7, 11) is -0.607. The Morgan fingerprint density at radius 1 is 1.14 bits per heavy atom. The summed E-state index contributed by atoms with van der Waals surface area (Å²) >= 11 is 0. The summed E-state index contributed by atoms with van der Waals surface area (Å²) in [6.07, 6.45) is 1.39. The summed E-state index contributed by atoms with van der Waals surface area (Å²) in [4.78, 5) is 0.107. The van der Waals surface area contributed by atoms with Crippen LogP contribution < -0.4 is 10.1 Å². The molecule has 1 aliphatic carbocycles. The summed E-state index contributed by atoms with van der Waals surface area (Å²) in [5, 5.41) is 3.21. The molecule has 0 spiro atoms. The standard InChI is InChI=1S/C21H21FN2O3S/c1-23-19-10-11-20-17(19)13-21(16-8-3-4-9-18(16)22)24(20)28(25,26)15-7-5-6-14(12-15)27-2/h3-9,12-13,19,23H,10-11H2,1-2H3. The van der Waals surface area contributed by atoms with E-state index in [9.17, 15) is 12.8 Å². The van der Waals surface area contributed by atoms with Crippen molar-refractivity contribution >= 4 is 10.0 Å². The number of nitrogens with one attached hydrogen (secondary N) is 1. The highest BCUT2D eigenvalue weighted by atomic mass is 32.2. The van der Waals surface area contributed by atoms with Crippen molar-refractivity contribution in [3.05, 3.63) is 71.7 Å². The Labute approximate surface area is 163 Å². The van der Waals surface area contributed by atoms with Gasteiger partial charge in [0.15, 0.2) is 0 Å². The minimum absolute atomic E-state index is 0.0438. The molecule has 0 saturated heterocycles. The SMILES string of the molecule is CNC1CCc2c1cc(-c1ccccc1F)n2S(=O)(=O)c1cccc(OC)c1. The van der Waals surface area contributed by atoms with Gasteiger partial charge in [0, 0.05) is 23.4 Å². The molecule has 0 aliphatic heterocycles. The van der Waals surface area contributed by atoms with Crippen LogP contribution in [0.4, 0.5) is 4.39 Å². The van der Waals surface area contributed by atoms with E-state index < -0.39 is 15.8 Å². The molecule has 0 amide bonds. The normalized spacial score (nSPS) is 16.2. The van der Waals surface area contributed by atoms with E-state index >= 15 is 0 Å². The van der Waals surface area contributed by atoms with E-state index in [-0.39, 0.29) is 16.5 Å². The second kappa shape index (κ2) is 7.07. The largest absolute Gasteiger partial charge is 0.497 e. The van der Waals surface area contributed by atoms with Gasteiger partial charge in [-0.2, -0.15) is 0 Å². The number of methoxy groups -OCH3 is 1. The van der Waals surface area contributed by atoms with E-state index in [0.717, 1.165) is 12.0 Å². The number of fused-ring (bicyclic) bond motifs is 1. The molecular formula is C21H21FN2O3S. The Morgan fingerprint density at radius 3 is 2.64 bits per heavy atom. The zero-order chi connectivity index (χ0) is 19.9. The molecule has 28 heavy (non-hydrogen) atoms. The van der Waals surface area contributed by atoms with Gasteiger partial charge in [0.25, 0.3) is 10.0 Å². The number of rotatable bonds is 5. The van der Waals surface area contributed by atoms with Crippen LogP contribution in [0.1, 0.15) is 23.7 Å². The summed E-state index contributed by atoms with van der Waals surface area (Å²) in [5.41, 5.74) is 2.19. The molecule has 1 unspecified atom stereocenters. The lowest BCUT2D eigenvalue weighted by Gasteiger charge is -2.15. The van der Waals surface area contributed by atoms with Gasteiger partial charge in [0.2, 0.25) is 0 Å². The number of benzene rings is 2. The lowest BCUT2D eigenvalue weighted by atomic mass is 10.1. The Kier molecular flexibility index (Phi) is 4.72. The van der Waals surface area contributed by atoms with Gasteiger partial charge in [-0.1, -0.05) is 18.2 Å². The fourth-order valence-electron chi connectivity index (χ4n) is 3.83. The molecule has 1 heterocycles. The lowest BCUT2D eigenvalue weighted by molar-refractivity contribution is 0.413. The second-order valence-electron chi connectivity index (χ2n) is 6.74. The van der Waals surface area contributed by atoms with Gasteiger partial charge >= 0.3 is 0 Å². The maximum atomic E-state index is 14.6. The Balaban J connectivity index is 1.99. The minimum atomic E-state index is -3.94. The molecule has 1 aliphatic rings. The maximum absolute atomic E-state index is 14.6. The lowest BCUT2D eigenvalue weighted by Crippen LogP contribution is -2.17. The maximum Gasteiger partial charge on any atom is 0.268 e. The number of hydrogen-bond acceptors (Lipinski definition) is 4. The Bertz CT molecular complexity index is 1140. The van der Waals surface area contributed by atoms with Crippen molar-refractivity contribution in [1.82, 2.24) is 9.29 Å². The van der Waals surface area contributed by atoms with Crippen LogP contribution in [0.5, 0.6) is 5.75 Å². The summed E-state index contributed by atoms with van der Waals surface area (Å²) < 4.78 is 48.2. The average molecular weight is 400 g/mol. The number of ether oxygens (including phenoxy) is 1. The van der Waals surface area contributed by atoms with Crippen LogP contribution in [0, 0.1) is 5.82 Å². The van der Waals surface area contributed by atoms with E-state index in [1.165, 1.54) is 29.3 Å². The first-order chi connectivity index (χ1) is 13.5. The first-order valence-electron chi connectivity index (χ1n) is 9.03. The van der Waals surface area contributed by atoms with E-state index in [1.54, 1.807) is 36.4 Å². The third-order valence-corrected chi connectivity index (χ3v) is 6.96. The zero-order valence-electron chi connectivity index (χ0n) is 15.6. The quantitative estimate of drug-likeness (QED) is 0.709. The smallest absolute Gasteiger partial charge is 0.268 e.